The van der Waals surface area contributed by atoms with Crippen molar-refractivity contribution in [1.29, 1.82) is 0 Å². The summed E-state index contributed by atoms with van der Waals surface area (Å²) in [5, 5.41) is 12.1. The van der Waals surface area contributed by atoms with Crippen LogP contribution in [0.25, 0.3) is 0 Å². The number of carboxylic acid groups (broad SMARTS) is 1. The van der Waals surface area contributed by atoms with Crippen LogP contribution in [0.5, 0.6) is 0 Å². The summed E-state index contributed by atoms with van der Waals surface area (Å²) in [5.74, 6) is -0.167. The van der Waals surface area contributed by atoms with Crippen LogP contribution in [0, 0.1) is 0 Å². The molecule has 0 bridgehead atoms. The Morgan fingerprint density at radius 1 is 1.17 bits per heavy atom. The van der Waals surface area contributed by atoms with E-state index in [1.165, 1.54) is 0 Å². The molecule has 1 aromatic heterocycles. The lowest BCUT2D eigenvalue weighted by molar-refractivity contribution is -0.137. The molecular formula is C14H14N2O2. The Labute approximate surface area is 105 Å². The van der Waals surface area contributed by atoms with Crippen molar-refractivity contribution in [2.75, 3.05) is 5.32 Å². The van der Waals surface area contributed by atoms with Gasteiger partial charge in [0.25, 0.3) is 0 Å². The van der Waals surface area contributed by atoms with E-state index in [1.807, 2.05) is 48.5 Å². The zero-order chi connectivity index (χ0) is 12.8. The van der Waals surface area contributed by atoms with E-state index in [-0.39, 0.29) is 12.5 Å². The third kappa shape index (κ3) is 3.31. The van der Waals surface area contributed by atoms with Crippen molar-refractivity contribution in [3.05, 3.63) is 60.3 Å². The number of aliphatic carboxylic acids is 1. The number of carboxylic acids is 1. The standard InChI is InChI=1S/C14H14N2O2/c17-14(18)10-12(11-6-2-1-3-7-11)16-13-8-4-5-9-15-13/h1-9,12H,10H2,(H,15,16)(H,17,18). The van der Waals surface area contributed by atoms with E-state index in [9.17, 15) is 4.79 Å². The lowest BCUT2D eigenvalue weighted by Gasteiger charge is -2.17. The maximum absolute atomic E-state index is 10.9. The highest BCUT2D eigenvalue weighted by molar-refractivity contribution is 5.68. The summed E-state index contributed by atoms with van der Waals surface area (Å²) in [5.41, 5.74) is 0.936. The Morgan fingerprint density at radius 2 is 1.89 bits per heavy atom. The molecule has 1 unspecified atom stereocenters. The van der Waals surface area contributed by atoms with Crippen LogP contribution in [0.1, 0.15) is 18.0 Å². The predicted octanol–water partition coefficient (Wildman–Crippen LogP) is 2.71. The smallest absolute Gasteiger partial charge is 0.305 e. The fourth-order valence-electron chi connectivity index (χ4n) is 1.74. The fraction of sp³-hybridized carbons (Fsp3) is 0.143. The Kier molecular flexibility index (Phi) is 3.91. The third-order valence-corrected chi connectivity index (χ3v) is 2.57. The molecule has 0 fully saturated rings. The van der Waals surface area contributed by atoms with Crippen molar-refractivity contribution < 1.29 is 9.90 Å². The number of carbonyl (C=O) groups is 1. The summed E-state index contributed by atoms with van der Waals surface area (Å²) in [6.45, 7) is 0. The van der Waals surface area contributed by atoms with Gasteiger partial charge in [-0.2, -0.15) is 0 Å². The van der Waals surface area contributed by atoms with Crippen LogP contribution in [0.15, 0.2) is 54.7 Å². The van der Waals surface area contributed by atoms with Gasteiger partial charge >= 0.3 is 5.97 Å². The van der Waals surface area contributed by atoms with Gasteiger partial charge in [-0.1, -0.05) is 36.4 Å². The second kappa shape index (κ2) is 5.82. The van der Waals surface area contributed by atoms with Crippen molar-refractivity contribution in [3.8, 4) is 0 Å². The summed E-state index contributed by atoms with van der Waals surface area (Å²) in [7, 11) is 0. The molecule has 1 atom stereocenters. The lowest BCUT2D eigenvalue weighted by atomic mass is 10.0. The summed E-state index contributed by atoms with van der Waals surface area (Å²) in [6, 6.07) is 14.7. The number of hydrogen-bond acceptors (Lipinski definition) is 3. The van der Waals surface area contributed by atoms with Crippen LogP contribution in [0.2, 0.25) is 0 Å². The van der Waals surface area contributed by atoms with Crippen molar-refractivity contribution in [1.82, 2.24) is 4.98 Å². The minimum Gasteiger partial charge on any atom is -0.481 e. The molecule has 2 aromatic rings. The highest BCUT2D eigenvalue weighted by Crippen LogP contribution is 2.21. The normalized spacial score (nSPS) is 11.8. The minimum atomic E-state index is -0.840. The van der Waals surface area contributed by atoms with Crippen LogP contribution in [-0.4, -0.2) is 16.1 Å². The Balaban J connectivity index is 2.18. The number of hydrogen-bond donors (Lipinski definition) is 2. The van der Waals surface area contributed by atoms with Crippen LogP contribution in [0.4, 0.5) is 5.82 Å². The van der Waals surface area contributed by atoms with Gasteiger partial charge in [-0.15, -0.1) is 0 Å². The monoisotopic (exact) mass is 242 g/mol. The van der Waals surface area contributed by atoms with Crippen LogP contribution < -0.4 is 5.32 Å². The number of benzene rings is 1. The maximum Gasteiger partial charge on any atom is 0.305 e. The largest absolute Gasteiger partial charge is 0.481 e. The van der Waals surface area contributed by atoms with Crippen molar-refractivity contribution in [3.63, 3.8) is 0 Å². The Bertz CT molecular complexity index is 500. The first kappa shape index (κ1) is 12.1. The van der Waals surface area contributed by atoms with E-state index in [4.69, 9.17) is 5.11 Å². The molecule has 0 aliphatic rings. The minimum absolute atomic E-state index is 0.0145. The number of anilines is 1. The SMILES string of the molecule is O=C(O)CC(Nc1ccccn1)c1ccccc1. The van der Waals surface area contributed by atoms with Gasteiger partial charge in [0.15, 0.2) is 0 Å². The van der Waals surface area contributed by atoms with E-state index in [0.29, 0.717) is 5.82 Å². The molecule has 0 saturated carbocycles. The molecule has 4 nitrogen and oxygen atoms in total. The molecule has 0 radical (unpaired) electrons. The van der Waals surface area contributed by atoms with Crippen LogP contribution in [0.3, 0.4) is 0 Å². The molecule has 18 heavy (non-hydrogen) atoms. The number of pyridine rings is 1. The number of aromatic nitrogens is 1. The topological polar surface area (TPSA) is 62.2 Å². The summed E-state index contributed by atoms with van der Waals surface area (Å²) >= 11 is 0. The highest BCUT2D eigenvalue weighted by Gasteiger charge is 2.15. The highest BCUT2D eigenvalue weighted by atomic mass is 16.4. The molecule has 92 valence electrons. The predicted molar refractivity (Wildman–Crippen MR) is 69.3 cm³/mol. The average molecular weight is 242 g/mol. The van der Waals surface area contributed by atoms with Gasteiger partial charge in [0.2, 0.25) is 0 Å². The van der Waals surface area contributed by atoms with Crippen molar-refractivity contribution >= 4 is 11.8 Å². The second-order valence-electron chi connectivity index (χ2n) is 3.92. The summed E-state index contributed by atoms with van der Waals surface area (Å²) < 4.78 is 0. The second-order valence-corrected chi connectivity index (χ2v) is 3.92. The number of nitrogens with one attached hydrogen (secondary N) is 1. The molecular weight excluding hydrogens is 228 g/mol. The lowest BCUT2D eigenvalue weighted by Crippen LogP contribution is -2.15. The zero-order valence-corrected chi connectivity index (χ0v) is 9.78. The first-order valence-corrected chi connectivity index (χ1v) is 5.70. The van der Waals surface area contributed by atoms with E-state index >= 15 is 0 Å². The first-order valence-electron chi connectivity index (χ1n) is 5.70. The van der Waals surface area contributed by atoms with Gasteiger partial charge in [0.05, 0.1) is 12.5 Å². The molecule has 0 spiro atoms. The molecule has 0 amide bonds. The van der Waals surface area contributed by atoms with E-state index in [2.05, 4.69) is 10.3 Å². The van der Waals surface area contributed by atoms with E-state index < -0.39 is 5.97 Å². The molecule has 0 saturated heterocycles. The number of nitrogens with zero attached hydrogens (tertiary/aromatic N) is 1. The molecule has 0 aliphatic carbocycles. The van der Waals surface area contributed by atoms with Gasteiger partial charge in [-0.05, 0) is 17.7 Å². The Hall–Kier alpha value is -2.36. The molecule has 1 heterocycles. The van der Waals surface area contributed by atoms with Gasteiger partial charge in [0, 0.05) is 6.20 Å². The van der Waals surface area contributed by atoms with Gasteiger partial charge in [0.1, 0.15) is 5.82 Å². The van der Waals surface area contributed by atoms with Gasteiger partial charge < -0.3 is 10.4 Å². The maximum atomic E-state index is 10.9. The molecule has 2 N–H and O–H groups in total. The van der Waals surface area contributed by atoms with E-state index in [0.717, 1.165) is 5.56 Å². The average Bonchev–Trinajstić information content (AvgIpc) is 2.40. The summed E-state index contributed by atoms with van der Waals surface area (Å²) in [6.07, 6.45) is 1.69. The molecule has 0 aliphatic heterocycles. The van der Waals surface area contributed by atoms with Gasteiger partial charge in [-0.25, -0.2) is 4.98 Å². The van der Waals surface area contributed by atoms with Crippen molar-refractivity contribution in [2.45, 2.75) is 12.5 Å². The van der Waals surface area contributed by atoms with Crippen LogP contribution >= 0.6 is 0 Å². The third-order valence-electron chi connectivity index (χ3n) is 2.57. The molecule has 2 rings (SSSR count). The fourth-order valence-corrected chi connectivity index (χ4v) is 1.74. The molecule has 4 heteroatoms. The first-order chi connectivity index (χ1) is 8.75. The van der Waals surface area contributed by atoms with Gasteiger partial charge in [-0.3, -0.25) is 4.79 Å². The Morgan fingerprint density at radius 3 is 2.50 bits per heavy atom. The van der Waals surface area contributed by atoms with Crippen LogP contribution in [-0.2, 0) is 4.79 Å². The quantitative estimate of drug-likeness (QED) is 0.846. The van der Waals surface area contributed by atoms with Crippen molar-refractivity contribution in [2.24, 2.45) is 0 Å². The number of rotatable bonds is 5. The van der Waals surface area contributed by atoms with E-state index in [1.54, 1.807) is 6.20 Å². The summed E-state index contributed by atoms with van der Waals surface area (Å²) in [4.78, 5) is 15.1. The zero-order valence-electron chi connectivity index (χ0n) is 9.78. The molecule has 1 aromatic carbocycles.